The molecule has 2 aromatic rings. The Bertz CT molecular complexity index is 896. The number of aromatic nitrogens is 4. The summed E-state index contributed by atoms with van der Waals surface area (Å²) >= 11 is 0. The van der Waals surface area contributed by atoms with Gasteiger partial charge in [-0.3, -0.25) is 4.57 Å². The first kappa shape index (κ1) is 18.0. The molecule has 26 heavy (non-hydrogen) atoms. The second-order valence-electron chi connectivity index (χ2n) is 5.78. The molecule has 0 spiro atoms. The van der Waals surface area contributed by atoms with Crippen molar-refractivity contribution in [2.45, 2.75) is 43.8 Å². The van der Waals surface area contributed by atoms with Gasteiger partial charge in [-0.05, 0) is 12.3 Å². The van der Waals surface area contributed by atoms with E-state index in [1.54, 1.807) is 0 Å². The van der Waals surface area contributed by atoms with E-state index in [0.29, 0.717) is 30.4 Å². The Kier molecular flexibility index (Phi) is 5.30. The van der Waals surface area contributed by atoms with E-state index in [-0.39, 0.29) is 11.6 Å². The molecule has 0 aliphatic carbocycles. The summed E-state index contributed by atoms with van der Waals surface area (Å²) < 4.78 is 7.01. The lowest BCUT2D eigenvalue weighted by Crippen LogP contribution is -2.33. The summed E-state index contributed by atoms with van der Waals surface area (Å²) in [6, 6.07) is 2.05. The largest absolute Gasteiger partial charge is 0.394 e. The van der Waals surface area contributed by atoms with E-state index in [9.17, 15) is 15.3 Å². The highest BCUT2D eigenvalue weighted by Gasteiger charge is 2.44. The lowest BCUT2D eigenvalue weighted by atomic mass is 10.1. The quantitative estimate of drug-likeness (QED) is 0.399. The summed E-state index contributed by atoms with van der Waals surface area (Å²) in [5.74, 6) is 6.16. The van der Waals surface area contributed by atoms with Crippen LogP contribution in [0.3, 0.4) is 0 Å². The summed E-state index contributed by atoms with van der Waals surface area (Å²) in [6.07, 6.45) is -1.78. The van der Waals surface area contributed by atoms with Crippen molar-refractivity contribution in [3.8, 4) is 17.9 Å². The zero-order valence-corrected chi connectivity index (χ0v) is 13.8. The summed E-state index contributed by atoms with van der Waals surface area (Å²) in [5, 5.41) is 38.2. The molecule has 0 radical (unpaired) electrons. The van der Waals surface area contributed by atoms with Crippen LogP contribution >= 0.6 is 0 Å². The molecule has 1 aliphatic rings. The van der Waals surface area contributed by atoms with Crippen LogP contribution < -0.4 is 5.73 Å². The lowest BCUT2D eigenvalue weighted by Gasteiger charge is -2.17. The van der Waals surface area contributed by atoms with Crippen LogP contribution in [0.2, 0.25) is 0 Å². The molecule has 3 heterocycles. The third kappa shape index (κ3) is 3.19. The van der Waals surface area contributed by atoms with E-state index >= 15 is 0 Å². The summed E-state index contributed by atoms with van der Waals surface area (Å²) in [5.41, 5.74) is 6.44. The van der Waals surface area contributed by atoms with Crippen LogP contribution in [0.15, 0.2) is 6.33 Å². The predicted octanol–water partition coefficient (Wildman–Crippen LogP) is -0.935. The SMILES string of the molecule is N#CCCCC#Cc1nc2c(N)ncnc2n1[C@@H]1O[C@H](CO)[C@@H](O)[C@H]1O. The number of rotatable bonds is 4. The second-order valence-corrected chi connectivity index (χ2v) is 5.78. The third-order valence-corrected chi connectivity index (χ3v) is 4.07. The summed E-state index contributed by atoms with van der Waals surface area (Å²) in [6.45, 7) is -0.451. The number of nitrogens with zero attached hydrogens (tertiary/aromatic N) is 5. The minimum atomic E-state index is -1.31. The van der Waals surface area contributed by atoms with Crippen molar-refractivity contribution in [2.24, 2.45) is 0 Å². The second kappa shape index (κ2) is 7.64. The van der Waals surface area contributed by atoms with Crippen molar-refractivity contribution in [1.82, 2.24) is 19.5 Å². The molecule has 1 aliphatic heterocycles. The van der Waals surface area contributed by atoms with Crippen molar-refractivity contribution in [3.05, 3.63) is 12.2 Å². The van der Waals surface area contributed by atoms with E-state index < -0.39 is 31.1 Å². The fraction of sp³-hybridized carbons (Fsp3) is 0.500. The number of imidazole rings is 1. The van der Waals surface area contributed by atoms with Gasteiger partial charge in [0, 0.05) is 12.8 Å². The smallest absolute Gasteiger partial charge is 0.189 e. The van der Waals surface area contributed by atoms with Gasteiger partial charge < -0.3 is 25.8 Å². The normalized spacial score (nSPS) is 25.0. The zero-order chi connectivity index (χ0) is 18.7. The zero-order valence-electron chi connectivity index (χ0n) is 13.8. The molecule has 5 N–H and O–H groups in total. The van der Waals surface area contributed by atoms with Gasteiger partial charge in [-0.2, -0.15) is 5.26 Å². The number of nitrogen functional groups attached to an aromatic ring is 1. The number of aliphatic hydroxyl groups excluding tert-OH is 3. The highest BCUT2D eigenvalue weighted by molar-refractivity contribution is 5.82. The van der Waals surface area contributed by atoms with Gasteiger partial charge in [0.1, 0.15) is 24.6 Å². The van der Waals surface area contributed by atoms with Crippen molar-refractivity contribution in [1.29, 1.82) is 5.26 Å². The van der Waals surface area contributed by atoms with E-state index in [1.807, 2.05) is 6.07 Å². The average molecular weight is 358 g/mol. The maximum atomic E-state index is 10.3. The molecule has 4 atom stereocenters. The maximum Gasteiger partial charge on any atom is 0.189 e. The fourth-order valence-electron chi connectivity index (χ4n) is 2.75. The average Bonchev–Trinajstić information content (AvgIpc) is 3.14. The number of fused-ring (bicyclic) bond motifs is 1. The standard InChI is InChI=1S/C16H18N6O4/c17-6-4-2-1-3-5-10-21-11-14(18)19-8-20-15(11)22(10)16-13(25)12(24)9(7-23)26-16/h8-9,12-13,16,23-25H,1-2,4,7H2,(H2,18,19,20)/t9-,12-,13-,16-/m1/s1. The summed E-state index contributed by atoms with van der Waals surface area (Å²) in [7, 11) is 0. The Labute approximate surface area is 148 Å². The maximum absolute atomic E-state index is 10.3. The number of nitrogens with two attached hydrogens (primary N) is 1. The molecule has 0 unspecified atom stereocenters. The first-order chi connectivity index (χ1) is 12.6. The molecule has 136 valence electrons. The molecule has 0 saturated carbocycles. The monoisotopic (exact) mass is 358 g/mol. The number of unbranched alkanes of at least 4 members (excludes halogenated alkanes) is 2. The van der Waals surface area contributed by atoms with Gasteiger partial charge in [0.05, 0.1) is 12.7 Å². The predicted molar refractivity (Wildman–Crippen MR) is 89.1 cm³/mol. The molecule has 10 nitrogen and oxygen atoms in total. The van der Waals surface area contributed by atoms with Crippen LogP contribution in [-0.2, 0) is 4.74 Å². The first-order valence-corrected chi connectivity index (χ1v) is 8.05. The number of ether oxygens (including phenoxy) is 1. The van der Waals surface area contributed by atoms with Crippen LogP contribution in [0, 0.1) is 23.2 Å². The molecule has 1 saturated heterocycles. The topological polar surface area (TPSA) is 163 Å². The van der Waals surface area contributed by atoms with Gasteiger partial charge in [0.25, 0.3) is 0 Å². The van der Waals surface area contributed by atoms with Crippen molar-refractivity contribution in [3.63, 3.8) is 0 Å². The van der Waals surface area contributed by atoms with Gasteiger partial charge in [-0.1, -0.05) is 5.92 Å². The Morgan fingerprint density at radius 1 is 1.27 bits per heavy atom. The summed E-state index contributed by atoms with van der Waals surface area (Å²) in [4.78, 5) is 12.4. The minimum Gasteiger partial charge on any atom is -0.394 e. The van der Waals surface area contributed by atoms with Crippen LogP contribution in [0.1, 0.15) is 31.3 Å². The Balaban J connectivity index is 2.03. The molecule has 10 heteroatoms. The van der Waals surface area contributed by atoms with E-state index in [1.165, 1.54) is 10.9 Å². The van der Waals surface area contributed by atoms with Crippen LogP contribution in [-0.4, -0.2) is 59.8 Å². The molecule has 2 aromatic heterocycles. The highest BCUT2D eigenvalue weighted by Crippen LogP contribution is 2.33. The number of nitriles is 1. The van der Waals surface area contributed by atoms with Crippen molar-refractivity contribution >= 4 is 17.0 Å². The van der Waals surface area contributed by atoms with E-state index in [2.05, 4.69) is 26.8 Å². The Morgan fingerprint density at radius 2 is 2.08 bits per heavy atom. The molecule has 0 aromatic carbocycles. The lowest BCUT2D eigenvalue weighted by molar-refractivity contribution is -0.0514. The molecule has 1 fully saturated rings. The number of hydrogen-bond acceptors (Lipinski definition) is 9. The Hall–Kier alpha value is -2.76. The van der Waals surface area contributed by atoms with E-state index in [4.69, 9.17) is 15.7 Å². The van der Waals surface area contributed by atoms with Crippen molar-refractivity contribution in [2.75, 3.05) is 12.3 Å². The van der Waals surface area contributed by atoms with Gasteiger partial charge in [-0.15, -0.1) is 0 Å². The van der Waals surface area contributed by atoms with Crippen LogP contribution in [0.25, 0.3) is 11.2 Å². The molecular formula is C16H18N6O4. The highest BCUT2D eigenvalue weighted by atomic mass is 16.6. The van der Waals surface area contributed by atoms with Gasteiger partial charge in [0.15, 0.2) is 29.0 Å². The first-order valence-electron chi connectivity index (χ1n) is 8.05. The van der Waals surface area contributed by atoms with Gasteiger partial charge in [0.2, 0.25) is 0 Å². The molecule has 3 rings (SSSR count). The molecular weight excluding hydrogens is 340 g/mol. The third-order valence-electron chi connectivity index (χ3n) is 4.07. The Morgan fingerprint density at radius 3 is 2.77 bits per heavy atom. The van der Waals surface area contributed by atoms with Gasteiger partial charge >= 0.3 is 0 Å². The van der Waals surface area contributed by atoms with Crippen LogP contribution in [0.4, 0.5) is 5.82 Å². The van der Waals surface area contributed by atoms with Crippen LogP contribution in [0.5, 0.6) is 0 Å². The molecule has 0 bridgehead atoms. The fourth-order valence-corrected chi connectivity index (χ4v) is 2.75. The van der Waals surface area contributed by atoms with E-state index in [0.717, 1.165) is 0 Å². The number of hydrogen-bond donors (Lipinski definition) is 4. The van der Waals surface area contributed by atoms with Crippen molar-refractivity contribution < 1.29 is 20.1 Å². The minimum absolute atomic E-state index is 0.146. The molecule has 0 amide bonds. The number of anilines is 1. The van der Waals surface area contributed by atoms with Gasteiger partial charge in [-0.25, -0.2) is 15.0 Å². The number of aliphatic hydroxyl groups is 3.